The molecular weight excluding hydrogens is 244 g/mol. The summed E-state index contributed by atoms with van der Waals surface area (Å²) in [6, 6.07) is 4.68. The van der Waals surface area contributed by atoms with E-state index in [2.05, 4.69) is 4.90 Å². The summed E-state index contributed by atoms with van der Waals surface area (Å²) in [6.07, 6.45) is 0.914. The number of phenolic OH excluding ortho intramolecular Hbond substituents is 1. The van der Waals surface area contributed by atoms with Crippen LogP contribution in [0.4, 0.5) is 0 Å². The summed E-state index contributed by atoms with van der Waals surface area (Å²) in [5.74, 6) is 0.249. The molecule has 1 N–H and O–H groups in total. The Hall–Kier alpha value is -1.75. The van der Waals surface area contributed by atoms with E-state index in [4.69, 9.17) is 4.74 Å². The average molecular weight is 266 g/mol. The van der Waals surface area contributed by atoms with Gasteiger partial charge >= 0.3 is 0 Å². The molecule has 0 aliphatic carbocycles. The summed E-state index contributed by atoms with van der Waals surface area (Å²) in [5.41, 5.74) is 0.464. The lowest BCUT2D eigenvalue weighted by Crippen LogP contribution is -2.29. The number of nitrogens with zero attached hydrogens (tertiary/aromatic N) is 2. The van der Waals surface area contributed by atoms with Gasteiger partial charge in [-0.15, -0.1) is 0 Å². The van der Waals surface area contributed by atoms with Crippen LogP contribution in [-0.2, 0) is 0 Å². The number of hydrogen-bond donors (Lipinski definition) is 1. The van der Waals surface area contributed by atoms with E-state index < -0.39 is 0 Å². The van der Waals surface area contributed by atoms with E-state index in [0.29, 0.717) is 17.9 Å². The fourth-order valence-corrected chi connectivity index (χ4v) is 1.77. The second-order valence-corrected chi connectivity index (χ2v) is 4.77. The molecule has 0 fully saturated rings. The number of benzene rings is 1. The number of aromatic hydroxyl groups is 1. The molecule has 1 amide bonds. The van der Waals surface area contributed by atoms with Crippen molar-refractivity contribution in [1.82, 2.24) is 9.80 Å². The quantitative estimate of drug-likeness (QED) is 0.846. The molecule has 0 bridgehead atoms. The minimum Gasteiger partial charge on any atom is -0.504 e. The van der Waals surface area contributed by atoms with Gasteiger partial charge in [-0.1, -0.05) is 0 Å². The van der Waals surface area contributed by atoms with Crippen molar-refractivity contribution in [3.8, 4) is 11.5 Å². The summed E-state index contributed by atoms with van der Waals surface area (Å²) in [5, 5.41) is 9.67. The Morgan fingerprint density at radius 1 is 1.26 bits per heavy atom. The normalized spacial score (nSPS) is 10.6. The minimum atomic E-state index is -0.100. The maximum atomic E-state index is 12.1. The molecule has 0 spiro atoms. The largest absolute Gasteiger partial charge is 0.504 e. The minimum absolute atomic E-state index is 0.0185. The van der Waals surface area contributed by atoms with E-state index >= 15 is 0 Å². The molecule has 5 heteroatoms. The van der Waals surface area contributed by atoms with Crippen molar-refractivity contribution in [3.05, 3.63) is 23.8 Å². The highest BCUT2D eigenvalue weighted by molar-refractivity contribution is 5.94. The third-order valence-electron chi connectivity index (χ3n) is 2.87. The SMILES string of the molecule is COc1ccc(C(=O)N(C)CCCN(C)C)cc1O. The number of hydrogen-bond acceptors (Lipinski definition) is 4. The number of carbonyl (C=O) groups excluding carboxylic acids is 1. The molecule has 0 aliphatic heterocycles. The first kappa shape index (κ1) is 15.3. The molecule has 0 saturated heterocycles. The lowest BCUT2D eigenvalue weighted by atomic mass is 10.1. The highest BCUT2D eigenvalue weighted by Gasteiger charge is 2.13. The van der Waals surface area contributed by atoms with E-state index in [9.17, 15) is 9.90 Å². The van der Waals surface area contributed by atoms with Crippen LogP contribution in [0.5, 0.6) is 11.5 Å². The molecule has 0 aliphatic rings. The molecule has 19 heavy (non-hydrogen) atoms. The molecule has 1 rings (SSSR count). The van der Waals surface area contributed by atoms with E-state index in [1.165, 1.54) is 13.2 Å². The van der Waals surface area contributed by atoms with Crippen molar-refractivity contribution in [3.63, 3.8) is 0 Å². The van der Waals surface area contributed by atoms with Gasteiger partial charge in [-0.2, -0.15) is 0 Å². The Kier molecular flexibility index (Phi) is 5.63. The van der Waals surface area contributed by atoms with Gasteiger partial charge in [0.1, 0.15) is 0 Å². The van der Waals surface area contributed by atoms with Crippen molar-refractivity contribution in [2.75, 3.05) is 41.3 Å². The summed E-state index contributed by atoms with van der Waals surface area (Å²) >= 11 is 0. The van der Waals surface area contributed by atoms with Crippen LogP contribution in [-0.4, -0.2) is 62.2 Å². The van der Waals surface area contributed by atoms with Crippen LogP contribution in [0.3, 0.4) is 0 Å². The van der Waals surface area contributed by atoms with Gasteiger partial charge in [-0.25, -0.2) is 0 Å². The van der Waals surface area contributed by atoms with Crippen LogP contribution in [0, 0.1) is 0 Å². The smallest absolute Gasteiger partial charge is 0.253 e. The van der Waals surface area contributed by atoms with E-state index in [1.54, 1.807) is 24.1 Å². The van der Waals surface area contributed by atoms with Gasteiger partial charge in [0.25, 0.3) is 5.91 Å². The van der Waals surface area contributed by atoms with Crippen LogP contribution in [0.15, 0.2) is 18.2 Å². The number of amides is 1. The lowest BCUT2D eigenvalue weighted by molar-refractivity contribution is 0.0790. The van der Waals surface area contributed by atoms with Crippen LogP contribution < -0.4 is 4.74 Å². The molecule has 0 unspecified atom stereocenters. The molecule has 1 aromatic carbocycles. The van der Waals surface area contributed by atoms with Gasteiger partial charge in [0.15, 0.2) is 11.5 Å². The Bertz CT molecular complexity index is 433. The van der Waals surface area contributed by atoms with Crippen LogP contribution in [0.25, 0.3) is 0 Å². The van der Waals surface area contributed by atoms with Gasteiger partial charge in [0.05, 0.1) is 7.11 Å². The van der Waals surface area contributed by atoms with Gasteiger partial charge in [-0.3, -0.25) is 4.79 Å². The Balaban J connectivity index is 2.64. The lowest BCUT2D eigenvalue weighted by Gasteiger charge is -2.19. The third-order valence-corrected chi connectivity index (χ3v) is 2.87. The predicted molar refractivity (Wildman–Crippen MR) is 74.8 cm³/mol. The predicted octanol–water partition coefficient (Wildman–Crippen LogP) is 1.42. The Labute approximate surface area is 114 Å². The van der Waals surface area contributed by atoms with Crippen LogP contribution in [0.2, 0.25) is 0 Å². The zero-order valence-corrected chi connectivity index (χ0v) is 12.0. The number of ether oxygens (including phenoxy) is 1. The highest BCUT2D eigenvalue weighted by atomic mass is 16.5. The molecule has 1 aromatic rings. The molecule has 0 saturated carbocycles. The number of methoxy groups -OCH3 is 1. The standard InChI is InChI=1S/C14H22N2O3/c1-15(2)8-5-9-16(3)14(18)11-6-7-13(19-4)12(17)10-11/h6-7,10,17H,5,8-9H2,1-4H3. The van der Waals surface area contributed by atoms with Crippen LogP contribution in [0.1, 0.15) is 16.8 Å². The maximum absolute atomic E-state index is 12.1. The Morgan fingerprint density at radius 2 is 1.95 bits per heavy atom. The van der Waals surface area contributed by atoms with Gasteiger partial charge in [0.2, 0.25) is 0 Å². The molecule has 0 radical (unpaired) electrons. The van der Waals surface area contributed by atoms with Crippen molar-refractivity contribution < 1.29 is 14.6 Å². The summed E-state index contributed by atoms with van der Waals surface area (Å²) in [7, 11) is 7.25. The maximum Gasteiger partial charge on any atom is 0.253 e. The molecule has 106 valence electrons. The van der Waals surface area contributed by atoms with Crippen molar-refractivity contribution in [1.29, 1.82) is 0 Å². The van der Waals surface area contributed by atoms with Crippen molar-refractivity contribution >= 4 is 5.91 Å². The first-order chi connectivity index (χ1) is 8.95. The summed E-state index contributed by atoms with van der Waals surface area (Å²) in [4.78, 5) is 15.9. The van der Waals surface area contributed by atoms with E-state index in [-0.39, 0.29) is 11.7 Å². The van der Waals surface area contributed by atoms with Gasteiger partial charge in [0, 0.05) is 19.2 Å². The third kappa shape index (κ3) is 4.44. The Morgan fingerprint density at radius 3 is 2.47 bits per heavy atom. The van der Waals surface area contributed by atoms with Crippen molar-refractivity contribution in [2.24, 2.45) is 0 Å². The molecule has 0 heterocycles. The number of phenols is 1. The average Bonchev–Trinajstić information content (AvgIpc) is 2.37. The fourth-order valence-electron chi connectivity index (χ4n) is 1.77. The van der Waals surface area contributed by atoms with E-state index in [1.807, 2.05) is 14.1 Å². The second-order valence-electron chi connectivity index (χ2n) is 4.77. The number of rotatable bonds is 6. The zero-order chi connectivity index (χ0) is 14.4. The monoisotopic (exact) mass is 266 g/mol. The first-order valence-electron chi connectivity index (χ1n) is 6.23. The fraction of sp³-hybridized carbons (Fsp3) is 0.500. The van der Waals surface area contributed by atoms with Crippen molar-refractivity contribution in [2.45, 2.75) is 6.42 Å². The molecule has 0 atom stereocenters. The molecule has 0 aromatic heterocycles. The highest BCUT2D eigenvalue weighted by Crippen LogP contribution is 2.26. The van der Waals surface area contributed by atoms with Gasteiger partial charge < -0.3 is 19.6 Å². The van der Waals surface area contributed by atoms with Crippen LogP contribution >= 0.6 is 0 Å². The first-order valence-corrected chi connectivity index (χ1v) is 6.23. The summed E-state index contributed by atoms with van der Waals surface area (Å²) in [6.45, 7) is 1.62. The van der Waals surface area contributed by atoms with E-state index in [0.717, 1.165) is 13.0 Å². The molecular formula is C14H22N2O3. The molecule has 5 nitrogen and oxygen atoms in total. The van der Waals surface area contributed by atoms with Gasteiger partial charge in [-0.05, 0) is 45.3 Å². The zero-order valence-electron chi connectivity index (χ0n) is 12.0. The topological polar surface area (TPSA) is 53.0 Å². The second kappa shape index (κ2) is 6.99. The summed E-state index contributed by atoms with van der Waals surface area (Å²) < 4.78 is 4.95. The number of carbonyl (C=O) groups is 1.